The highest BCUT2D eigenvalue weighted by Gasteiger charge is 2.21. The quantitative estimate of drug-likeness (QED) is 0.747. The molecule has 8 nitrogen and oxygen atoms in total. The lowest BCUT2D eigenvalue weighted by Crippen LogP contribution is -2.46. The smallest absolute Gasteiger partial charge is 0.340 e. The molecule has 0 aliphatic carbocycles. The molecule has 1 fully saturated rings. The van der Waals surface area contributed by atoms with Gasteiger partial charge < -0.3 is 25.6 Å². The van der Waals surface area contributed by atoms with Crippen LogP contribution in [0.1, 0.15) is 24.2 Å². The van der Waals surface area contributed by atoms with Gasteiger partial charge in [-0.25, -0.2) is 14.8 Å². The first-order valence-corrected chi connectivity index (χ1v) is 9.25. The number of carbonyl (C=O) groups excluding carboxylic acids is 1. The molecule has 2 heterocycles. The van der Waals surface area contributed by atoms with Gasteiger partial charge in [0.2, 0.25) is 0 Å². The molecule has 0 amide bonds. The standard InChI is InChI=1S/C19H26N6O2/c1-3-24-9-11-25(12-10-24)18-16(20)17(21-13-22-18)23-15-8-6-5-7-14(15)19(26)27-4-2/h5-8,13H,3-4,9-12,20H2,1-2H3,(H,21,22,23). The van der Waals surface area contributed by atoms with Gasteiger partial charge in [-0.1, -0.05) is 19.1 Å². The highest BCUT2D eigenvalue weighted by Crippen LogP contribution is 2.30. The number of rotatable bonds is 6. The first-order valence-electron chi connectivity index (χ1n) is 9.25. The van der Waals surface area contributed by atoms with Crippen LogP contribution < -0.4 is 16.0 Å². The number of nitrogen functional groups attached to an aromatic ring is 1. The number of para-hydroxylation sites is 1. The number of hydrogen-bond donors (Lipinski definition) is 2. The summed E-state index contributed by atoms with van der Waals surface area (Å²) in [7, 11) is 0. The number of esters is 1. The number of carbonyl (C=O) groups is 1. The molecular formula is C19H26N6O2. The Morgan fingerprint density at radius 3 is 2.63 bits per heavy atom. The predicted molar refractivity (Wildman–Crippen MR) is 106 cm³/mol. The molecule has 0 radical (unpaired) electrons. The van der Waals surface area contributed by atoms with E-state index in [1.165, 1.54) is 6.33 Å². The molecule has 1 aromatic carbocycles. The molecule has 0 unspecified atom stereocenters. The van der Waals surface area contributed by atoms with Crippen molar-refractivity contribution in [3.8, 4) is 0 Å². The van der Waals surface area contributed by atoms with Gasteiger partial charge in [0.05, 0.1) is 17.9 Å². The van der Waals surface area contributed by atoms with Crippen LogP contribution >= 0.6 is 0 Å². The molecular weight excluding hydrogens is 344 g/mol. The molecule has 1 saturated heterocycles. The molecule has 144 valence electrons. The Labute approximate surface area is 159 Å². The number of nitrogens with zero attached hydrogens (tertiary/aromatic N) is 4. The van der Waals surface area contributed by atoms with Crippen molar-refractivity contribution in [1.82, 2.24) is 14.9 Å². The van der Waals surface area contributed by atoms with E-state index in [9.17, 15) is 4.79 Å². The van der Waals surface area contributed by atoms with E-state index in [1.807, 2.05) is 6.07 Å². The highest BCUT2D eigenvalue weighted by atomic mass is 16.5. The molecule has 8 heteroatoms. The number of aromatic nitrogens is 2. The van der Waals surface area contributed by atoms with Crippen molar-refractivity contribution in [2.45, 2.75) is 13.8 Å². The summed E-state index contributed by atoms with van der Waals surface area (Å²) < 4.78 is 5.12. The summed E-state index contributed by atoms with van der Waals surface area (Å²) in [4.78, 5) is 25.4. The van der Waals surface area contributed by atoms with Crippen LogP contribution in [0, 0.1) is 0 Å². The maximum Gasteiger partial charge on any atom is 0.340 e. The molecule has 3 N–H and O–H groups in total. The molecule has 0 bridgehead atoms. The molecule has 1 aliphatic rings. The average Bonchev–Trinajstić information content (AvgIpc) is 2.70. The third-order valence-corrected chi connectivity index (χ3v) is 4.66. The normalized spacial score (nSPS) is 14.8. The van der Waals surface area contributed by atoms with Gasteiger partial charge in [0.25, 0.3) is 0 Å². The van der Waals surface area contributed by atoms with Crippen LogP contribution in [0.4, 0.5) is 23.0 Å². The van der Waals surface area contributed by atoms with E-state index in [0.29, 0.717) is 29.4 Å². The summed E-state index contributed by atoms with van der Waals surface area (Å²) >= 11 is 0. The van der Waals surface area contributed by atoms with Crippen molar-refractivity contribution in [2.24, 2.45) is 0 Å². The number of ether oxygens (including phenoxy) is 1. The van der Waals surface area contributed by atoms with Crippen molar-refractivity contribution >= 4 is 29.0 Å². The van der Waals surface area contributed by atoms with Crippen LogP contribution in [-0.4, -0.2) is 60.2 Å². The number of nitrogens with two attached hydrogens (primary N) is 1. The van der Waals surface area contributed by atoms with Gasteiger partial charge in [-0.05, 0) is 25.6 Å². The summed E-state index contributed by atoms with van der Waals surface area (Å²) in [6, 6.07) is 7.14. The maximum atomic E-state index is 12.2. The van der Waals surface area contributed by atoms with Crippen molar-refractivity contribution in [3.63, 3.8) is 0 Å². The molecule has 0 spiro atoms. The van der Waals surface area contributed by atoms with E-state index in [0.717, 1.165) is 38.5 Å². The summed E-state index contributed by atoms with van der Waals surface area (Å²) in [6.07, 6.45) is 1.49. The number of benzene rings is 1. The third kappa shape index (κ3) is 4.28. The zero-order valence-electron chi connectivity index (χ0n) is 15.8. The van der Waals surface area contributed by atoms with Gasteiger partial charge in [-0.2, -0.15) is 0 Å². The first-order chi connectivity index (χ1) is 13.1. The zero-order chi connectivity index (χ0) is 19.2. The van der Waals surface area contributed by atoms with E-state index in [4.69, 9.17) is 10.5 Å². The minimum atomic E-state index is -0.385. The lowest BCUT2D eigenvalue weighted by molar-refractivity contribution is 0.0527. The first kappa shape index (κ1) is 18.9. The van der Waals surface area contributed by atoms with Crippen molar-refractivity contribution in [1.29, 1.82) is 0 Å². The van der Waals surface area contributed by atoms with Gasteiger partial charge in [0, 0.05) is 26.2 Å². The SMILES string of the molecule is CCOC(=O)c1ccccc1Nc1ncnc(N2CCN(CC)CC2)c1N. The van der Waals surface area contributed by atoms with E-state index in [2.05, 4.69) is 32.0 Å². The Morgan fingerprint density at radius 2 is 1.93 bits per heavy atom. The molecule has 3 rings (SSSR count). The fraction of sp³-hybridized carbons (Fsp3) is 0.421. The Kier molecular flexibility index (Phi) is 6.08. The second-order valence-corrected chi connectivity index (χ2v) is 6.27. The van der Waals surface area contributed by atoms with Crippen molar-refractivity contribution in [3.05, 3.63) is 36.2 Å². The molecule has 0 saturated carbocycles. The number of anilines is 4. The number of piperazine rings is 1. The highest BCUT2D eigenvalue weighted by molar-refractivity contribution is 5.97. The van der Waals surface area contributed by atoms with E-state index in [-0.39, 0.29) is 5.97 Å². The van der Waals surface area contributed by atoms with Crippen LogP contribution in [0.3, 0.4) is 0 Å². The van der Waals surface area contributed by atoms with Crippen LogP contribution in [-0.2, 0) is 4.74 Å². The Hall–Kier alpha value is -2.87. The average molecular weight is 370 g/mol. The maximum absolute atomic E-state index is 12.2. The fourth-order valence-electron chi connectivity index (χ4n) is 3.12. The van der Waals surface area contributed by atoms with Crippen LogP contribution in [0.2, 0.25) is 0 Å². The second kappa shape index (κ2) is 8.68. The van der Waals surface area contributed by atoms with Gasteiger partial charge in [0.1, 0.15) is 12.0 Å². The predicted octanol–water partition coefficient (Wildman–Crippen LogP) is 2.12. The van der Waals surface area contributed by atoms with Crippen LogP contribution in [0.15, 0.2) is 30.6 Å². The van der Waals surface area contributed by atoms with Gasteiger partial charge in [-0.15, -0.1) is 0 Å². The monoisotopic (exact) mass is 370 g/mol. The second-order valence-electron chi connectivity index (χ2n) is 6.27. The molecule has 0 atom stereocenters. The third-order valence-electron chi connectivity index (χ3n) is 4.66. The molecule has 27 heavy (non-hydrogen) atoms. The van der Waals surface area contributed by atoms with E-state index < -0.39 is 0 Å². The topological polar surface area (TPSA) is 96.6 Å². The summed E-state index contributed by atoms with van der Waals surface area (Å²) in [5, 5.41) is 3.17. The van der Waals surface area contributed by atoms with Crippen LogP contribution in [0.5, 0.6) is 0 Å². The lowest BCUT2D eigenvalue weighted by atomic mass is 10.1. The van der Waals surface area contributed by atoms with Crippen molar-refractivity contribution < 1.29 is 9.53 Å². The summed E-state index contributed by atoms with van der Waals surface area (Å²) in [5.41, 5.74) is 7.87. The van der Waals surface area contributed by atoms with E-state index in [1.54, 1.807) is 25.1 Å². The van der Waals surface area contributed by atoms with Crippen LogP contribution in [0.25, 0.3) is 0 Å². The molecule has 1 aliphatic heterocycles. The molecule has 1 aromatic heterocycles. The van der Waals surface area contributed by atoms with Gasteiger partial charge in [-0.3, -0.25) is 0 Å². The number of likely N-dealkylation sites (N-methyl/N-ethyl adjacent to an activating group) is 1. The molecule has 2 aromatic rings. The minimum Gasteiger partial charge on any atom is -0.462 e. The van der Waals surface area contributed by atoms with Gasteiger partial charge in [0.15, 0.2) is 11.6 Å². The Balaban J connectivity index is 1.82. The number of hydrogen-bond acceptors (Lipinski definition) is 8. The Bertz CT molecular complexity index is 790. The van der Waals surface area contributed by atoms with Crippen molar-refractivity contribution in [2.75, 3.05) is 55.3 Å². The fourth-order valence-corrected chi connectivity index (χ4v) is 3.12. The lowest BCUT2D eigenvalue weighted by Gasteiger charge is -2.35. The Morgan fingerprint density at radius 1 is 1.19 bits per heavy atom. The summed E-state index contributed by atoms with van der Waals surface area (Å²) in [5.74, 6) is 0.815. The van der Waals surface area contributed by atoms with E-state index >= 15 is 0 Å². The largest absolute Gasteiger partial charge is 0.462 e. The number of nitrogens with one attached hydrogen (secondary N) is 1. The summed E-state index contributed by atoms with van der Waals surface area (Å²) in [6.45, 7) is 9.00. The zero-order valence-corrected chi connectivity index (χ0v) is 15.8. The minimum absolute atomic E-state index is 0.316. The van der Waals surface area contributed by atoms with Gasteiger partial charge >= 0.3 is 5.97 Å².